The van der Waals surface area contributed by atoms with Crippen molar-refractivity contribution in [2.24, 2.45) is 0 Å². The molecule has 23 heavy (non-hydrogen) atoms. The second-order valence-electron chi connectivity index (χ2n) is 6.07. The van der Waals surface area contributed by atoms with Crippen molar-refractivity contribution in [1.82, 2.24) is 14.9 Å². The fourth-order valence-electron chi connectivity index (χ4n) is 2.81. The summed E-state index contributed by atoms with van der Waals surface area (Å²) in [5, 5.41) is 3.41. The minimum atomic E-state index is 0.919. The standard InChI is InChI=1S/C18H25N5/c1-22-10-12-23(13-11-22)18-14-17(20-15-21-18)19-9-5-8-16-6-3-2-4-7-16/h2-4,6-7,14-15H,5,8-13H2,1H3,(H,19,20,21). The topological polar surface area (TPSA) is 44.3 Å². The first-order valence-corrected chi connectivity index (χ1v) is 8.34. The van der Waals surface area contributed by atoms with E-state index in [-0.39, 0.29) is 0 Å². The molecule has 122 valence electrons. The van der Waals surface area contributed by atoms with Gasteiger partial charge in [0.15, 0.2) is 0 Å². The van der Waals surface area contributed by atoms with Crippen LogP contribution >= 0.6 is 0 Å². The molecule has 0 radical (unpaired) electrons. The number of aromatic nitrogens is 2. The number of nitrogens with one attached hydrogen (secondary N) is 1. The molecule has 0 spiro atoms. The molecule has 0 amide bonds. The van der Waals surface area contributed by atoms with Crippen LogP contribution in [0.5, 0.6) is 0 Å². The van der Waals surface area contributed by atoms with Crippen molar-refractivity contribution in [2.45, 2.75) is 12.8 Å². The highest BCUT2D eigenvalue weighted by Crippen LogP contribution is 2.16. The lowest BCUT2D eigenvalue weighted by molar-refractivity contribution is 0.312. The van der Waals surface area contributed by atoms with E-state index < -0.39 is 0 Å². The van der Waals surface area contributed by atoms with Crippen molar-refractivity contribution in [3.05, 3.63) is 48.3 Å². The lowest BCUT2D eigenvalue weighted by Gasteiger charge is -2.33. The summed E-state index contributed by atoms with van der Waals surface area (Å²) in [5.74, 6) is 1.95. The Morgan fingerprint density at radius 2 is 1.83 bits per heavy atom. The third kappa shape index (κ3) is 4.66. The summed E-state index contributed by atoms with van der Waals surface area (Å²) in [6.45, 7) is 5.16. The Labute approximate surface area is 138 Å². The fraction of sp³-hybridized carbons (Fsp3) is 0.444. The maximum atomic E-state index is 4.42. The second-order valence-corrected chi connectivity index (χ2v) is 6.07. The average molecular weight is 311 g/mol. The number of aryl methyl sites for hydroxylation is 1. The van der Waals surface area contributed by atoms with Crippen LogP contribution in [0.4, 0.5) is 11.6 Å². The predicted molar refractivity (Wildman–Crippen MR) is 95.0 cm³/mol. The van der Waals surface area contributed by atoms with Gasteiger partial charge in [0.05, 0.1) is 0 Å². The molecule has 1 aromatic heterocycles. The molecular weight excluding hydrogens is 286 g/mol. The van der Waals surface area contributed by atoms with Crippen molar-refractivity contribution in [2.75, 3.05) is 50.0 Å². The number of likely N-dealkylation sites (N-methyl/N-ethyl adjacent to an activating group) is 1. The van der Waals surface area contributed by atoms with Crippen LogP contribution in [-0.2, 0) is 6.42 Å². The lowest BCUT2D eigenvalue weighted by atomic mass is 10.1. The van der Waals surface area contributed by atoms with E-state index in [0.717, 1.165) is 57.2 Å². The largest absolute Gasteiger partial charge is 0.370 e. The summed E-state index contributed by atoms with van der Waals surface area (Å²) in [6, 6.07) is 12.7. The Morgan fingerprint density at radius 3 is 2.61 bits per heavy atom. The first-order valence-electron chi connectivity index (χ1n) is 8.34. The molecule has 2 aromatic rings. The molecule has 1 aliphatic rings. The monoisotopic (exact) mass is 311 g/mol. The molecule has 1 saturated heterocycles. The first-order chi connectivity index (χ1) is 11.3. The molecular formula is C18H25N5. The Hall–Kier alpha value is -2.14. The van der Waals surface area contributed by atoms with E-state index in [1.807, 2.05) is 0 Å². The Kier molecular flexibility index (Phi) is 5.42. The molecule has 5 nitrogen and oxygen atoms in total. The van der Waals surface area contributed by atoms with Gasteiger partial charge in [-0.15, -0.1) is 0 Å². The molecule has 1 N–H and O–H groups in total. The van der Waals surface area contributed by atoms with E-state index >= 15 is 0 Å². The summed E-state index contributed by atoms with van der Waals surface area (Å²) in [6.07, 6.45) is 3.84. The van der Waals surface area contributed by atoms with Crippen LogP contribution in [0, 0.1) is 0 Å². The van der Waals surface area contributed by atoms with Gasteiger partial charge in [-0.1, -0.05) is 30.3 Å². The predicted octanol–water partition coefficient (Wildman–Crippen LogP) is 2.27. The smallest absolute Gasteiger partial charge is 0.134 e. The van der Waals surface area contributed by atoms with E-state index in [9.17, 15) is 0 Å². The van der Waals surface area contributed by atoms with Gasteiger partial charge in [0.25, 0.3) is 0 Å². The van der Waals surface area contributed by atoms with Crippen LogP contribution < -0.4 is 10.2 Å². The minimum absolute atomic E-state index is 0.919. The summed E-state index contributed by atoms with van der Waals surface area (Å²) in [7, 11) is 2.16. The molecule has 3 rings (SSSR count). The van der Waals surface area contributed by atoms with Crippen LogP contribution in [0.25, 0.3) is 0 Å². The van der Waals surface area contributed by atoms with E-state index in [4.69, 9.17) is 0 Å². The van der Waals surface area contributed by atoms with E-state index in [1.54, 1.807) is 6.33 Å². The van der Waals surface area contributed by atoms with Gasteiger partial charge in [-0.2, -0.15) is 0 Å². The third-order valence-corrected chi connectivity index (χ3v) is 4.27. The van der Waals surface area contributed by atoms with Gasteiger partial charge in [0.1, 0.15) is 18.0 Å². The minimum Gasteiger partial charge on any atom is -0.370 e. The highest BCUT2D eigenvalue weighted by molar-refractivity contribution is 5.48. The van der Waals surface area contributed by atoms with Crippen molar-refractivity contribution >= 4 is 11.6 Å². The fourth-order valence-corrected chi connectivity index (χ4v) is 2.81. The lowest BCUT2D eigenvalue weighted by Crippen LogP contribution is -2.44. The number of anilines is 2. The Bertz CT molecular complexity index is 593. The second kappa shape index (κ2) is 7.92. The number of hydrogen-bond acceptors (Lipinski definition) is 5. The van der Waals surface area contributed by atoms with Crippen molar-refractivity contribution in [3.8, 4) is 0 Å². The van der Waals surface area contributed by atoms with Gasteiger partial charge in [0.2, 0.25) is 0 Å². The zero-order valence-corrected chi connectivity index (χ0v) is 13.8. The number of benzene rings is 1. The summed E-state index contributed by atoms with van der Waals surface area (Å²) < 4.78 is 0. The molecule has 1 aliphatic heterocycles. The summed E-state index contributed by atoms with van der Waals surface area (Å²) >= 11 is 0. The van der Waals surface area contributed by atoms with Gasteiger partial charge >= 0.3 is 0 Å². The van der Waals surface area contributed by atoms with Gasteiger partial charge in [-0.3, -0.25) is 0 Å². The van der Waals surface area contributed by atoms with Crippen LogP contribution in [0.15, 0.2) is 42.7 Å². The Morgan fingerprint density at radius 1 is 1.04 bits per heavy atom. The van der Waals surface area contributed by atoms with Crippen molar-refractivity contribution in [1.29, 1.82) is 0 Å². The van der Waals surface area contributed by atoms with Crippen LogP contribution in [-0.4, -0.2) is 54.6 Å². The number of hydrogen-bond donors (Lipinski definition) is 1. The van der Waals surface area contributed by atoms with Crippen LogP contribution in [0.3, 0.4) is 0 Å². The quantitative estimate of drug-likeness (QED) is 0.829. The number of nitrogens with zero attached hydrogens (tertiary/aromatic N) is 4. The third-order valence-electron chi connectivity index (χ3n) is 4.27. The zero-order chi connectivity index (χ0) is 15.9. The van der Waals surface area contributed by atoms with Gasteiger partial charge in [-0.25, -0.2) is 9.97 Å². The van der Waals surface area contributed by atoms with Crippen molar-refractivity contribution in [3.63, 3.8) is 0 Å². The molecule has 0 bridgehead atoms. The number of rotatable bonds is 6. The van der Waals surface area contributed by atoms with Crippen LogP contribution in [0.1, 0.15) is 12.0 Å². The van der Waals surface area contributed by atoms with Crippen LogP contribution in [0.2, 0.25) is 0 Å². The molecule has 0 saturated carbocycles. The van der Waals surface area contributed by atoms with Gasteiger partial charge in [0, 0.05) is 38.8 Å². The number of piperazine rings is 1. The molecule has 1 aromatic carbocycles. The summed E-state index contributed by atoms with van der Waals surface area (Å²) in [4.78, 5) is 13.4. The maximum Gasteiger partial charge on any atom is 0.134 e. The zero-order valence-electron chi connectivity index (χ0n) is 13.8. The van der Waals surface area contributed by atoms with Gasteiger partial charge in [-0.05, 0) is 25.5 Å². The first kappa shape index (κ1) is 15.7. The Balaban J connectivity index is 1.48. The molecule has 0 aliphatic carbocycles. The highest BCUT2D eigenvalue weighted by atomic mass is 15.3. The average Bonchev–Trinajstić information content (AvgIpc) is 2.61. The van der Waals surface area contributed by atoms with E-state index in [0.29, 0.717) is 0 Å². The van der Waals surface area contributed by atoms with Crippen molar-refractivity contribution < 1.29 is 0 Å². The highest BCUT2D eigenvalue weighted by Gasteiger charge is 2.15. The normalized spacial score (nSPS) is 15.6. The molecule has 2 heterocycles. The SMILES string of the molecule is CN1CCN(c2cc(NCCCc3ccccc3)ncn2)CC1. The van der Waals surface area contributed by atoms with Gasteiger partial charge < -0.3 is 15.1 Å². The summed E-state index contributed by atoms with van der Waals surface area (Å²) in [5.41, 5.74) is 1.38. The van der Waals surface area contributed by atoms with E-state index in [1.165, 1.54) is 5.56 Å². The molecule has 0 unspecified atom stereocenters. The van der Waals surface area contributed by atoms with E-state index in [2.05, 4.69) is 68.5 Å². The molecule has 1 fully saturated rings. The maximum absolute atomic E-state index is 4.42. The molecule has 0 atom stereocenters. The molecule has 5 heteroatoms.